The summed E-state index contributed by atoms with van der Waals surface area (Å²) in [4.78, 5) is 24.1. The quantitative estimate of drug-likeness (QED) is 0.742. The van der Waals surface area contributed by atoms with Crippen molar-refractivity contribution in [2.45, 2.75) is 6.92 Å². The number of amides is 2. The minimum absolute atomic E-state index is 0.161. The molecule has 0 unspecified atom stereocenters. The van der Waals surface area contributed by atoms with Gasteiger partial charge in [-0.2, -0.15) is 5.10 Å². The van der Waals surface area contributed by atoms with Gasteiger partial charge in [0.1, 0.15) is 5.82 Å². The molecule has 0 aliphatic carbocycles. The Bertz CT molecular complexity index is 1010. The van der Waals surface area contributed by atoms with E-state index in [1.165, 1.54) is 17.7 Å². The van der Waals surface area contributed by atoms with Crippen molar-refractivity contribution in [1.29, 1.82) is 0 Å². The van der Waals surface area contributed by atoms with Crippen LogP contribution in [0.1, 0.15) is 17.4 Å². The maximum Gasteiger partial charge on any atom is 0.276 e. The van der Waals surface area contributed by atoms with Gasteiger partial charge >= 0.3 is 0 Å². The van der Waals surface area contributed by atoms with Crippen molar-refractivity contribution in [3.63, 3.8) is 0 Å². The number of fused-ring (bicyclic) bond motifs is 1. The average molecular weight is 364 g/mol. The van der Waals surface area contributed by atoms with Gasteiger partial charge < -0.3 is 20.1 Å². The van der Waals surface area contributed by atoms with Crippen molar-refractivity contribution in [3.05, 3.63) is 60.3 Å². The monoisotopic (exact) mass is 364 g/mol. The lowest BCUT2D eigenvalue weighted by Crippen LogP contribution is -2.13. The second kappa shape index (κ2) is 6.83. The number of aromatic nitrogens is 2. The molecule has 0 fully saturated rings. The van der Waals surface area contributed by atoms with Crippen LogP contribution in [0.2, 0.25) is 0 Å². The average Bonchev–Trinajstić information content (AvgIpc) is 3.28. The van der Waals surface area contributed by atoms with Crippen LogP contribution in [0, 0.1) is 0 Å². The van der Waals surface area contributed by atoms with E-state index in [0.717, 1.165) is 5.69 Å². The molecule has 1 aliphatic heterocycles. The zero-order chi connectivity index (χ0) is 18.8. The van der Waals surface area contributed by atoms with E-state index in [0.29, 0.717) is 23.0 Å². The topological polar surface area (TPSA) is 94.5 Å². The lowest BCUT2D eigenvalue weighted by Gasteiger charge is -2.06. The summed E-state index contributed by atoms with van der Waals surface area (Å²) < 4.78 is 12.1. The molecular weight excluding hydrogens is 348 g/mol. The number of rotatable bonds is 4. The zero-order valence-electron chi connectivity index (χ0n) is 14.4. The third kappa shape index (κ3) is 3.45. The predicted octanol–water partition coefficient (Wildman–Crippen LogP) is 2.81. The summed E-state index contributed by atoms with van der Waals surface area (Å²) in [5.74, 6) is 0.949. The molecule has 1 aliphatic rings. The Labute approximate surface area is 154 Å². The summed E-state index contributed by atoms with van der Waals surface area (Å²) >= 11 is 0. The summed E-state index contributed by atoms with van der Waals surface area (Å²) in [7, 11) is 0. The molecule has 2 N–H and O–H groups in total. The normalized spacial score (nSPS) is 11.9. The van der Waals surface area contributed by atoms with Gasteiger partial charge in [-0.3, -0.25) is 9.59 Å². The van der Waals surface area contributed by atoms with E-state index in [4.69, 9.17) is 9.47 Å². The van der Waals surface area contributed by atoms with Gasteiger partial charge in [-0.05, 0) is 24.3 Å². The molecule has 8 nitrogen and oxygen atoms in total. The van der Waals surface area contributed by atoms with E-state index >= 15 is 0 Å². The van der Waals surface area contributed by atoms with Crippen LogP contribution in [0.5, 0.6) is 11.5 Å². The lowest BCUT2D eigenvalue weighted by molar-refractivity contribution is -0.114. The molecule has 27 heavy (non-hydrogen) atoms. The maximum atomic E-state index is 12.6. The lowest BCUT2D eigenvalue weighted by atomic mass is 10.2. The molecule has 2 aromatic carbocycles. The fourth-order valence-electron chi connectivity index (χ4n) is 2.70. The highest BCUT2D eigenvalue weighted by atomic mass is 16.7. The Kier molecular flexibility index (Phi) is 4.21. The molecule has 2 heterocycles. The highest BCUT2D eigenvalue weighted by Gasteiger charge is 2.18. The van der Waals surface area contributed by atoms with Crippen molar-refractivity contribution >= 4 is 23.3 Å². The molecule has 136 valence electrons. The van der Waals surface area contributed by atoms with Gasteiger partial charge in [-0.15, -0.1) is 0 Å². The summed E-state index contributed by atoms with van der Waals surface area (Å²) in [6.45, 7) is 1.56. The van der Waals surface area contributed by atoms with E-state index in [9.17, 15) is 9.59 Å². The minimum atomic E-state index is -0.407. The van der Waals surface area contributed by atoms with Crippen LogP contribution in [0.3, 0.4) is 0 Å². The summed E-state index contributed by atoms with van der Waals surface area (Å²) in [5.41, 5.74) is 1.45. The number of benzene rings is 2. The van der Waals surface area contributed by atoms with Crippen LogP contribution in [-0.4, -0.2) is 28.4 Å². The first-order chi connectivity index (χ1) is 13.1. The fraction of sp³-hybridized carbons (Fsp3) is 0.105. The number of hydrogen-bond acceptors (Lipinski definition) is 5. The third-order valence-electron chi connectivity index (χ3n) is 3.88. The van der Waals surface area contributed by atoms with E-state index in [2.05, 4.69) is 15.7 Å². The highest BCUT2D eigenvalue weighted by molar-refractivity contribution is 6.04. The molecule has 0 bridgehead atoms. The Hall–Kier alpha value is -3.81. The first-order valence-electron chi connectivity index (χ1n) is 8.24. The van der Waals surface area contributed by atoms with E-state index < -0.39 is 5.91 Å². The van der Waals surface area contributed by atoms with Gasteiger partial charge in [0.05, 0.1) is 5.69 Å². The fourth-order valence-corrected chi connectivity index (χ4v) is 2.70. The minimum Gasteiger partial charge on any atom is -0.454 e. The molecule has 8 heteroatoms. The molecule has 0 saturated carbocycles. The predicted molar refractivity (Wildman–Crippen MR) is 98.4 cm³/mol. The number of ether oxygens (including phenoxy) is 2. The number of carbonyl (C=O) groups is 2. The molecule has 0 spiro atoms. The van der Waals surface area contributed by atoms with Gasteiger partial charge in [0.25, 0.3) is 5.91 Å². The second-order valence-electron chi connectivity index (χ2n) is 5.87. The first kappa shape index (κ1) is 16.6. The van der Waals surface area contributed by atoms with E-state index in [1.54, 1.807) is 18.2 Å². The van der Waals surface area contributed by atoms with Gasteiger partial charge in [-0.1, -0.05) is 18.2 Å². The first-order valence-corrected chi connectivity index (χ1v) is 8.24. The van der Waals surface area contributed by atoms with Gasteiger partial charge in [-0.25, -0.2) is 4.68 Å². The highest BCUT2D eigenvalue weighted by Crippen LogP contribution is 2.34. The SMILES string of the molecule is CC(=O)Nc1cc(C(=O)Nc2ccc3c(c2)OCO3)nn1-c1ccccc1. The smallest absolute Gasteiger partial charge is 0.276 e. The Morgan fingerprint density at radius 2 is 1.78 bits per heavy atom. The summed E-state index contributed by atoms with van der Waals surface area (Å²) in [6, 6.07) is 15.9. The van der Waals surface area contributed by atoms with Crippen molar-refractivity contribution in [1.82, 2.24) is 9.78 Å². The molecule has 0 saturated heterocycles. The molecule has 4 rings (SSSR count). The molecule has 2 amide bonds. The maximum absolute atomic E-state index is 12.6. The van der Waals surface area contributed by atoms with Crippen LogP contribution < -0.4 is 20.1 Å². The zero-order valence-corrected chi connectivity index (χ0v) is 14.4. The standard InChI is InChI=1S/C19H16N4O4/c1-12(24)20-18-10-15(22-23(18)14-5-3-2-4-6-14)19(25)21-13-7-8-16-17(9-13)27-11-26-16/h2-10H,11H2,1H3,(H,20,24)(H,21,25). The van der Waals surface area contributed by atoms with E-state index in [-0.39, 0.29) is 18.4 Å². The number of para-hydroxylation sites is 1. The van der Waals surface area contributed by atoms with Crippen molar-refractivity contribution < 1.29 is 19.1 Å². The Morgan fingerprint density at radius 3 is 2.56 bits per heavy atom. The van der Waals surface area contributed by atoms with Crippen LogP contribution >= 0.6 is 0 Å². The Morgan fingerprint density at radius 1 is 1.00 bits per heavy atom. The molecule has 3 aromatic rings. The number of anilines is 2. The van der Waals surface area contributed by atoms with Crippen molar-refractivity contribution in [2.75, 3.05) is 17.4 Å². The summed E-state index contributed by atoms with van der Waals surface area (Å²) in [5, 5.41) is 9.80. The number of nitrogens with zero attached hydrogens (tertiary/aromatic N) is 2. The number of nitrogens with one attached hydrogen (secondary N) is 2. The van der Waals surface area contributed by atoms with Gasteiger partial charge in [0, 0.05) is 24.7 Å². The second-order valence-corrected chi connectivity index (χ2v) is 5.87. The van der Waals surface area contributed by atoms with E-state index in [1.807, 2.05) is 30.3 Å². The van der Waals surface area contributed by atoms with Crippen molar-refractivity contribution in [3.8, 4) is 17.2 Å². The van der Waals surface area contributed by atoms with Crippen LogP contribution in [0.25, 0.3) is 5.69 Å². The third-order valence-corrected chi connectivity index (χ3v) is 3.88. The number of hydrogen-bond donors (Lipinski definition) is 2. The van der Waals surface area contributed by atoms with Gasteiger partial charge in [0.2, 0.25) is 12.7 Å². The molecule has 0 atom stereocenters. The summed E-state index contributed by atoms with van der Waals surface area (Å²) in [6.07, 6.45) is 0. The van der Waals surface area contributed by atoms with Gasteiger partial charge in [0.15, 0.2) is 17.2 Å². The molecule has 0 radical (unpaired) electrons. The molecule has 1 aromatic heterocycles. The molecular formula is C19H16N4O4. The Balaban J connectivity index is 1.62. The largest absolute Gasteiger partial charge is 0.454 e. The van der Waals surface area contributed by atoms with Crippen LogP contribution in [0.4, 0.5) is 11.5 Å². The number of carbonyl (C=O) groups excluding carboxylic acids is 2. The van der Waals surface area contributed by atoms with Crippen LogP contribution in [-0.2, 0) is 4.79 Å². The van der Waals surface area contributed by atoms with Crippen LogP contribution in [0.15, 0.2) is 54.6 Å². The van der Waals surface area contributed by atoms with Crippen molar-refractivity contribution in [2.24, 2.45) is 0 Å².